The number of carbonyl (C=O) groups excluding carboxylic acids is 4. The number of rotatable bonds is 73. The quantitative estimate of drug-likeness (QED) is 0.0222. The molecule has 95 heavy (non-hydrogen) atoms. The number of carbonyl (C=O) groups is 4. The Balaban J connectivity index is 5.22. The van der Waals surface area contributed by atoms with Gasteiger partial charge in [-0.1, -0.05) is 331 Å². The van der Waals surface area contributed by atoms with Gasteiger partial charge in [-0.15, -0.1) is 0 Å². The Morgan fingerprint density at radius 2 is 0.442 bits per heavy atom. The van der Waals surface area contributed by atoms with Gasteiger partial charge in [-0.2, -0.15) is 0 Å². The van der Waals surface area contributed by atoms with E-state index in [0.717, 1.165) is 114 Å². The minimum atomic E-state index is -4.96. The molecule has 0 aliphatic carbocycles. The lowest BCUT2D eigenvalue weighted by Crippen LogP contribution is -2.30. The van der Waals surface area contributed by atoms with Crippen LogP contribution in [0.4, 0.5) is 0 Å². The van der Waals surface area contributed by atoms with Crippen LogP contribution in [0.3, 0.4) is 0 Å². The number of hydrogen-bond donors (Lipinski definition) is 3. The zero-order valence-electron chi connectivity index (χ0n) is 62.3. The highest BCUT2D eigenvalue weighted by atomic mass is 31.2. The number of aliphatic hydroxyl groups is 1. The van der Waals surface area contributed by atoms with Crippen molar-refractivity contribution in [1.29, 1.82) is 0 Å². The van der Waals surface area contributed by atoms with Gasteiger partial charge in [-0.25, -0.2) is 9.13 Å². The summed E-state index contributed by atoms with van der Waals surface area (Å²) < 4.78 is 68.5. The van der Waals surface area contributed by atoms with Crippen molar-refractivity contribution in [2.24, 2.45) is 23.7 Å². The van der Waals surface area contributed by atoms with Crippen LogP contribution in [0.2, 0.25) is 0 Å². The molecule has 0 spiro atoms. The van der Waals surface area contributed by atoms with Crippen molar-refractivity contribution in [2.45, 2.75) is 401 Å². The molecule has 17 nitrogen and oxygen atoms in total. The average molecular weight is 1400 g/mol. The van der Waals surface area contributed by atoms with Crippen molar-refractivity contribution in [3.8, 4) is 0 Å². The van der Waals surface area contributed by atoms with Crippen molar-refractivity contribution in [1.82, 2.24) is 0 Å². The predicted octanol–water partition coefficient (Wildman–Crippen LogP) is 22.0. The van der Waals surface area contributed by atoms with E-state index in [0.29, 0.717) is 31.6 Å². The van der Waals surface area contributed by atoms with Crippen LogP contribution in [0.25, 0.3) is 0 Å². The number of phosphoric acid groups is 2. The van der Waals surface area contributed by atoms with Gasteiger partial charge in [0.2, 0.25) is 0 Å². The third-order valence-electron chi connectivity index (χ3n) is 17.6. The van der Waals surface area contributed by atoms with E-state index in [1.807, 2.05) is 0 Å². The van der Waals surface area contributed by atoms with Gasteiger partial charge in [0, 0.05) is 25.7 Å². The lowest BCUT2D eigenvalue weighted by molar-refractivity contribution is -0.161. The molecule has 0 aliphatic heterocycles. The SMILES string of the molecule is CC(C)CCCCCCCCCCCCCCCCCC(=O)OC[C@H](COP(=O)(O)OC[C@@H](O)COP(=O)(O)OC[C@@H](COC(=O)CCCCCCCCC(C)C)OC(=O)CCCCCCCCCCCCCCC(C)C)OC(=O)CCCCCCCCCCCCC(C)C. The molecule has 3 N–H and O–H groups in total. The van der Waals surface area contributed by atoms with E-state index in [4.69, 9.17) is 37.0 Å². The Morgan fingerprint density at radius 1 is 0.263 bits per heavy atom. The van der Waals surface area contributed by atoms with E-state index >= 15 is 0 Å². The lowest BCUT2D eigenvalue weighted by atomic mass is 10.0. The Bertz CT molecular complexity index is 1870. The van der Waals surface area contributed by atoms with E-state index < -0.39 is 97.5 Å². The maximum Gasteiger partial charge on any atom is 0.472 e. The summed E-state index contributed by atoms with van der Waals surface area (Å²) in [6.07, 6.45) is 50.1. The summed E-state index contributed by atoms with van der Waals surface area (Å²) in [7, 11) is -9.91. The second kappa shape index (κ2) is 65.4. The molecule has 0 saturated carbocycles. The molecule has 0 rings (SSSR count). The summed E-state index contributed by atoms with van der Waals surface area (Å²) in [4.78, 5) is 72.8. The van der Waals surface area contributed by atoms with Crippen LogP contribution in [0.15, 0.2) is 0 Å². The highest BCUT2D eigenvalue weighted by Crippen LogP contribution is 2.45. The maximum absolute atomic E-state index is 13.1. The monoisotopic (exact) mass is 1400 g/mol. The molecule has 0 amide bonds. The zero-order chi connectivity index (χ0) is 70.3. The highest BCUT2D eigenvalue weighted by molar-refractivity contribution is 7.47. The lowest BCUT2D eigenvalue weighted by Gasteiger charge is -2.21. The number of hydrogen-bond acceptors (Lipinski definition) is 15. The first-order chi connectivity index (χ1) is 45.6. The van der Waals surface area contributed by atoms with E-state index in [9.17, 15) is 43.2 Å². The van der Waals surface area contributed by atoms with Crippen LogP contribution >= 0.6 is 15.6 Å². The van der Waals surface area contributed by atoms with Gasteiger partial charge in [0.1, 0.15) is 19.3 Å². The Morgan fingerprint density at radius 3 is 0.653 bits per heavy atom. The van der Waals surface area contributed by atoms with Gasteiger partial charge in [0.05, 0.1) is 26.4 Å². The molecular formula is C76H148O17P2. The topological polar surface area (TPSA) is 237 Å². The minimum Gasteiger partial charge on any atom is -0.462 e. The molecule has 0 aromatic rings. The van der Waals surface area contributed by atoms with Crippen LogP contribution < -0.4 is 0 Å². The van der Waals surface area contributed by atoms with Crippen molar-refractivity contribution in [3.05, 3.63) is 0 Å². The Labute approximate surface area is 581 Å². The smallest absolute Gasteiger partial charge is 0.462 e. The molecule has 0 aromatic heterocycles. The van der Waals surface area contributed by atoms with Crippen molar-refractivity contribution >= 4 is 39.5 Å². The second-order valence-electron chi connectivity index (χ2n) is 29.3. The molecule has 0 fully saturated rings. The number of unbranched alkanes of at least 4 members (excludes halogenated alkanes) is 39. The van der Waals surface area contributed by atoms with Gasteiger partial charge in [-0.05, 0) is 49.4 Å². The van der Waals surface area contributed by atoms with Gasteiger partial charge in [0.25, 0.3) is 0 Å². The highest BCUT2D eigenvalue weighted by Gasteiger charge is 2.30. The largest absolute Gasteiger partial charge is 0.472 e. The molecule has 0 radical (unpaired) electrons. The number of ether oxygens (including phenoxy) is 4. The molecule has 5 atom stereocenters. The van der Waals surface area contributed by atoms with Gasteiger partial charge in [0.15, 0.2) is 12.2 Å². The summed E-state index contributed by atoms with van der Waals surface area (Å²) in [5, 5.41) is 10.6. The zero-order valence-corrected chi connectivity index (χ0v) is 64.1. The van der Waals surface area contributed by atoms with E-state index in [1.165, 1.54) is 180 Å². The average Bonchev–Trinajstić information content (AvgIpc) is 1.42. The Kier molecular flexibility index (Phi) is 64.0. The number of aliphatic hydroxyl groups excluding tert-OH is 1. The van der Waals surface area contributed by atoms with Gasteiger partial charge in [-0.3, -0.25) is 37.3 Å². The van der Waals surface area contributed by atoms with Crippen molar-refractivity contribution < 1.29 is 80.2 Å². The fourth-order valence-electron chi connectivity index (χ4n) is 11.6. The number of phosphoric ester groups is 2. The van der Waals surface area contributed by atoms with Crippen LogP contribution in [0.5, 0.6) is 0 Å². The molecule has 0 saturated heterocycles. The molecule has 0 aromatic carbocycles. The van der Waals surface area contributed by atoms with Crippen LogP contribution in [-0.2, 0) is 65.4 Å². The second-order valence-corrected chi connectivity index (χ2v) is 32.2. The third-order valence-corrected chi connectivity index (χ3v) is 19.5. The van der Waals surface area contributed by atoms with E-state index in [1.54, 1.807) is 0 Å². The maximum atomic E-state index is 13.1. The van der Waals surface area contributed by atoms with E-state index in [2.05, 4.69) is 55.4 Å². The first kappa shape index (κ1) is 93.1. The molecule has 0 bridgehead atoms. The first-order valence-electron chi connectivity index (χ1n) is 39.2. The molecule has 2 unspecified atom stereocenters. The van der Waals surface area contributed by atoms with Gasteiger partial charge >= 0.3 is 39.5 Å². The summed E-state index contributed by atoms with van der Waals surface area (Å²) in [5.74, 6) is 0.892. The summed E-state index contributed by atoms with van der Waals surface area (Å²) in [6.45, 7) is 14.1. The van der Waals surface area contributed by atoms with Gasteiger partial charge < -0.3 is 33.8 Å². The third kappa shape index (κ3) is 70.3. The predicted molar refractivity (Wildman–Crippen MR) is 386 cm³/mol. The summed E-state index contributed by atoms with van der Waals surface area (Å²) >= 11 is 0. The standard InChI is InChI=1S/C76H148O17P2/c1-66(2)52-44-36-28-22-16-12-10-9-11-13-18-25-31-40-48-56-73(78)86-62-71(92-76(81)59-51-43-33-27-21-20-24-30-38-46-54-68(5)6)64-90-94(82,83)88-60-70(77)61-89-95(84,85)91-65-72(63-87-74(79)57-49-41-35-34-39-47-55-69(7)8)93-75(80)58-50-42-32-26-19-15-14-17-23-29-37-45-53-67(3)4/h66-72,77H,9-65H2,1-8H3,(H,82,83)(H,84,85)/t70-,71-,72-/m1/s1. The molecular weight excluding hydrogens is 1250 g/mol. The molecule has 0 aliphatic rings. The normalized spacial score (nSPS) is 14.1. The van der Waals surface area contributed by atoms with Crippen LogP contribution in [0.1, 0.15) is 383 Å². The fourth-order valence-corrected chi connectivity index (χ4v) is 13.1. The van der Waals surface area contributed by atoms with E-state index in [-0.39, 0.29) is 25.7 Å². The molecule has 0 heterocycles. The Hall–Kier alpha value is -1.94. The van der Waals surface area contributed by atoms with Crippen molar-refractivity contribution in [2.75, 3.05) is 39.6 Å². The summed E-state index contributed by atoms with van der Waals surface area (Å²) in [5.41, 5.74) is 0. The summed E-state index contributed by atoms with van der Waals surface area (Å²) in [6, 6.07) is 0. The van der Waals surface area contributed by atoms with Crippen LogP contribution in [-0.4, -0.2) is 96.7 Å². The number of esters is 4. The van der Waals surface area contributed by atoms with Crippen molar-refractivity contribution in [3.63, 3.8) is 0 Å². The minimum absolute atomic E-state index is 0.105. The van der Waals surface area contributed by atoms with Crippen LogP contribution in [0, 0.1) is 23.7 Å². The first-order valence-corrected chi connectivity index (χ1v) is 42.2. The fraction of sp³-hybridized carbons (Fsp3) is 0.947. The molecule has 564 valence electrons. The molecule has 19 heteroatoms.